The summed E-state index contributed by atoms with van der Waals surface area (Å²) in [5.41, 5.74) is 0. The van der Waals surface area contributed by atoms with Crippen molar-refractivity contribution < 1.29 is 13.0 Å². The molecule has 40 valence electrons. The molecule has 0 radical (unpaired) electrons. The summed E-state index contributed by atoms with van der Waals surface area (Å²) >= 11 is 4.39. The molecule has 0 aromatic heterocycles. The van der Waals surface area contributed by atoms with E-state index in [0.29, 0.717) is 0 Å². The van der Waals surface area contributed by atoms with Gasteiger partial charge < -0.3 is 0 Å². The van der Waals surface area contributed by atoms with Gasteiger partial charge in [-0.1, -0.05) is 0 Å². The first-order chi connectivity index (χ1) is 2.56. The van der Waals surface area contributed by atoms with Crippen LogP contribution in [0.5, 0.6) is 0 Å². The van der Waals surface area contributed by atoms with Crippen LogP contribution in [0.1, 0.15) is 0 Å². The monoisotopic (exact) mass is 155 g/mol. The van der Waals surface area contributed by atoms with Gasteiger partial charge in [0.15, 0.2) is 0 Å². The molecule has 0 aliphatic heterocycles. The van der Waals surface area contributed by atoms with Crippen LogP contribution in [0.25, 0.3) is 0 Å². The Hall–Kier alpha value is 1.16. The summed E-state index contributed by atoms with van der Waals surface area (Å²) < 4.78 is 27.3. The third-order valence-electron chi connectivity index (χ3n) is 0.0975. The van der Waals surface area contributed by atoms with Gasteiger partial charge in [0.2, 0.25) is 0 Å². The molecule has 0 aliphatic rings. The van der Waals surface area contributed by atoms with E-state index in [1.807, 2.05) is 0 Å². The van der Waals surface area contributed by atoms with E-state index in [-0.39, 0.29) is 29.6 Å². The Morgan fingerprint density at radius 2 is 1.71 bits per heavy atom. The van der Waals surface area contributed by atoms with Crippen LogP contribution in [0.3, 0.4) is 0 Å². The van der Waals surface area contributed by atoms with Gasteiger partial charge in [-0.2, -0.15) is 8.42 Å². The first-order valence-electron chi connectivity index (χ1n) is 0.909. The summed E-state index contributed by atoms with van der Waals surface area (Å²) in [7, 11) is -4.15. The standard InChI is InChI=1S/ClH2NO3S.Na.H/c1-2-6(3,4)5;;/h2H,(H,3,4,5);;. The molecule has 0 fully saturated rings. The minimum absolute atomic E-state index is 0. The van der Waals surface area contributed by atoms with E-state index in [2.05, 4.69) is 11.8 Å². The van der Waals surface area contributed by atoms with Crippen LogP contribution >= 0.6 is 11.8 Å². The molecule has 0 bridgehead atoms. The zero-order chi connectivity index (χ0) is 5.21. The number of halogens is 1. The molecule has 0 aliphatic carbocycles. The Morgan fingerprint density at radius 1 is 1.57 bits per heavy atom. The van der Waals surface area contributed by atoms with Crippen molar-refractivity contribution >= 4 is 51.6 Å². The van der Waals surface area contributed by atoms with Crippen LogP contribution in [-0.2, 0) is 10.3 Å². The van der Waals surface area contributed by atoms with Crippen LogP contribution in [0.15, 0.2) is 0 Å². The topological polar surface area (TPSA) is 66.4 Å². The molecular weight excluding hydrogens is 153 g/mol. The van der Waals surface area contributed by atoms with E-state index in [4.69, 9.17) is 4.55 Å². The quantitative estimate of drug-likeness (QED) is 0.287. The number of hydrogen-bond acceptors (Lipinski definition) is 2. The van der Waals surface area contributed by atoms with Crippen LogP contribution in [0.2, 0.25) is 0 Å². The molecule has 7 heavy (non-hydrogen) atoms. The molecule has 0 unspecified atom stereocenters. The fourth-order valence-corrected chi connectivity index (χ4v) is 0. The first-order valence-corrected chi connectivity index (χ1v) is 2.73. The molecule has 0 spiro atoms. The molecule has 0 heterocycles. The maximum atomic E-state index is 9.31. The predicted octanol–water partition coefficient (Wildman–Crippen LogP) is -1.12. The summed E-state index contributed by atoms with van der Waals surface area (Å²) in [6, 6.07) is 0. The number of nitrogens with one attached hydrogen (secondary N) is 1. The van der Waals surface area contributed by atoms with E-state index >= 15 is 0 Å². The van der Waals surface area contributed by atoms with Crippen molar-refractivity contribution in [2.75, 3.05) is 0 Å². The maximum absolute atomic E-state index is 9.31. The molecule has 0 atom stereocenters. The average molecular weight is 156 g/mol. The number of hydrogen-bond donors (Lipinski definition) is 2. The first kappa shape index (κ1) is 11.0. The van der Waals surface area contributed by atoms with Gasteiger partial charge in [0.05, 0.1) is 0 Å². The average Bonchev–Trinajstić information content (AvgIpc) is 1.35. The van der Waals surface area contributed by atoms with Gasteiger partial charge in [0, 0.05) is 0 Å². The Kier molecular flexibility index (Phi) is 6.43. The van der Waals surface area contributed by atoms with E-state index in [1.165, 1.54) is 0 Å². The Morgan fingerprint density at radius 3 is 1.71 bits per heavy atom. The predicted molar refractivity (Wildman–Crippen MR) is 27.7 cm³/mol. The van der Waals surface area contributed by atoms with Crippen LogP contribution in [-0.4, -0.2) is 42.5 Å². The third-order valence-corrected chi connectivity index (χ3v) is 0.877. The second kappa shape index (κ2) is 4.08. The zero-order valence-electron chi connectivity index (χ0n) is 2.55. The van der Waals surface area contributed by atoms with Gasteiger partial charge in [-0.05, 0) is 11.8 Å². The van der Waals surface area contributed by atoms with Gasteiger partial charge >= 0.3 is 39.9 Å². The van der Waals surface area contributed by atoms with Crippen molar-refractivity contribution in [3.8, 4) is 0 Å². The van der Waals surface area contributed by atoms with Gasteiger partial charge in [0.25, 0.3) is 0 Å². The second-order valence-corrected chi connectivity index (χ2v) is 2.12. The van der Waals surface area contributed by atoms with E-state index in [9.17, 15) is 8.42 Å². The fraction of sp³-hybridized carbons (Fsp3) is 0. The van der Waals surface area contributed by atoms with Crippen molar-refractivity contribution in [3.05, 3.63) is 0 Å². The van der Waals surface area contributed by atoms with E-state index in [1.54, 1.807) is 0 Å². The Bertz CT molecular complexity index is 117. The molecular formula is H3ClNNaO3S. The van der Waals surface area contributed by atoms with Gasteiger partial charge in [-0.15, -0.1) is 4.24 Å². The summed E-state index contributed by atoms with van der Waals surface area (Å²) in [4.78, 5) is 0. The SMILES string of the molecule is O=S(=O)(O)NCl.[NaH]. The van der Waals surface area contributed by atoms with Crippen LogP contribution in [0.4, 0.5) is 0 Å². The molecule has 2 N–H and O–H groups in total. The van der Waals surface area contributed by atoms with Gasteiger partial charge in [0.1, 0.15) is 0 Å². The Balaban J connectivity index is 0. The molecule has 0 aromatic carbocycles. The van der Waals surface area contributed by atoms with Gasteiger partial charge in [-0.25, -0.2) is 0 Å². The summed E-state index contributed by atoms with van der Waals surface area (Å²) in [6.45, 7) is 0. The van der Waals surface area contributed by atoms with Crippen molar-refractivity contribution in [1.82, 2.24) is 4.24 Å². The van der Waals surface area contributed by atoms with Crippen LogP contribution < -0.4 is 4.24 Å². The van der Waals surface area contributed by atoms with Gasteiger partial charge in [-0.3, -0.25) is 4.55 Å². The summed E-state index contributed by atoms with van der Waals surface area (Å²) in [5.74, 6) is 0. The van der Waals surface area contributed by atoms with Crippen molar-refractivity contribution in [2.45, 2.75) is 0 Å². The molecule has 0 saturated heterocycles. The summed E-state index contributed by atoms with van der Waals surface area (Å²) in [5, 5.41) is 0. The van der Waals surface area contributed by atoms with Crippen molar-refractivity contribution in [3.63, 3.8) is 0 Å². The molecule has 0 amide bonds. The minimum atomic E-state index is -4.15. The normalized spacial score (nSPS) is 10.0. The third kappa shape index (κ3) is 11.0. The molecule has 0 rings (SSSR count). The van der Waals surface area contributed by atoms with Crippen LogP contribution in [0, 0.1) is 0 Å². The Labute approximate surface area is 68.5 Å². The van der Waals surface area contributed by atoms with E-state index < -0.39 is 10.3 Å². The number of rotatable bonds is 1. The molecule has 0 aromatic rings. The molecule has 7 heteroatoms. The van der Waals surface area contributed by atoms with Crippen molar-refractivity contribution in [1.29, 1.82) is 0 Å². The zero-order valence-corrected chi connectivity index (χ0v) is 4.12. The van der Waals surface area contributed by atoms with E-state index in [0.717, 1.165) is 4.24 Å². The molecule has 4 nitrogen and oxygen atoms in total. The summed E-state index contributed by atoms with van der Waals surface area (Å²) in [6.07, 6.45) is 0. The molecule has 0 saturated carbocycles. The fourth-order valence-electron chi connectivity index (χ4n) is 0. The second-order valence-electron chi connectivity index (χ2n) is 0.552. The van der Waals surface area contributed by atoms with Crippen molar-refractivity contribution in [2.24, 2.45) is 0 Å².